The van der Waals surface area contributed by atoms with Crippen LogP contribution in [0.1, 0.15) is 24.9 Å². The molecule has 1 fully saturated rings. The molecular weight excluding hydrogens is 412 g/mol. The second-order valence-electron chi connectivity index (χ2n) is 7.72. The molecule has 0 aromatic heterocycles. The van der Waals surface area contributed by atoms with Gasteiger partial charge in [0, 0.05) is 24.2 Å². The highest BCUT2D eigenvalue weighted by atomic mass is 16.7. The van der Waals surface area contributed by atoms with Crippen LogP contribution in [0.15, 0.2) is 54.9 Å². The maximum absolute atomic E-state index is 13.0. The minimum Gasteiger partial charge on any atom is -0.494 e. The number of rotatable bonds is 6. The summed E-state index contributed by atoms with van der Waals surface area (Å²) >= 11 is 0. The average Bonchev–Trinajstić information content (AvgIpc) is 3.43. The first-order valence-corrected chi connectivity index (χ1v) is 10.6. The number of anilines is 1. The van der Waals surface area contributed by atoms with Crippen LogP contribution in [-0.2, 0) is 9.59 Å². The molecular formula is C23H24N4O5. The van der Waals surface area contributed by atoms with Crippen molar-refractivity contribution in [3.05, 3.63) is 60.4 Å². The van der Waals surface area contributed by atoms with Gasteiger partial charge in [0.2, 0.25) is 12.7 Å². The zero-order valence-corrected chi connectivity index (χ0v) is 17.6. The molecule has 0 saturated carbocycles. The Hall–Kier alpha value is -3.72. The van der Waals surface area contributed by atoms with Crippen molar-refractivity contribution in [2.75, 3.05) is 25.3 Å². The minimum atomic E-state index is -0.366. The van der Waals surface area contributed by atoms with Gasteiger partial charge >= 0.3 is 0 Å². The summed E-state index contributed by atoms with van der Waals surface area (Å²) in [6, 6.07) is 12.7. The molecule has 166 valence electrons. The fourth-order valence-electron chi connectivity index (χ4n) is 4.08. The van der Waals surface area contributed by atoms with Crippen LogP contribution in [0.2, 0.25) is 0 Å². The fraction of sp³-hybridized carbons (Fsp3) is 0.304. The van der Waals surface area contributed by atoms with E-state index in [1.807, 2.05) is 36.2 Å². The zero-order chi connectivity index (χ0) is 22.1. The lowest BCUT2D eigenvalue weighted by Crippen LogP contribution is -2.49. The van der Waals surface area contributed by atoms with Gasteiger partial charge in [0.05, 0.1) is 12.6 Å². The molecule has 3 aliphatic heterocycles. The van der Waals surface area contributed by atoms with Gasteiger partial charge in [-0.3, -0.25) is 9.59 Å². The minimum absolute atomic E-state index is 0.00619. The summed E-state index contributed by atoms with van der Waals surface area (Å²) in [5, 5.41) is 4.62. The number of carbonyl (C=O) groups is 2. The number of carbonyl (C=O) groups excluding carboxylic acids is 2. The van der Waals surface area contributed by atoms with Gasteiger partial charge in [-0.15, -0.1) is 0 Å². The molecule has 2 unspecified atom stereocenters. The second-order valence-corrected chi connectivity index (χ2v) is 7.72. The van der Waals surface area contributed by atoms with Crippen molar-refractivity contribution in [1.29, 1.82) is 0 Å². The Morgan fingerprint density at radius 2 is 1.97 bits per heavy atom. The standard InChI is InChI=1S/C23H24N4O5/c1-2-30-17-6-3-15(4-7-17)18-12-19-23(29)26(9-10-27(19)25-18)13-22(28)24-16-5-8-20-21(11-16)32-14-31-20/h3-11,18-19,25H,2,12-14H2,1H3,(H,24,28). The number of benzene rings is 2. The van der Waals surface area contributed by atoms with E-state index in [1.54, 1.807) is 30.6 Å². The number of hydrogen-bond donors (Lipinski definition) is 2. The van der Waals surface area contributed by atoms with Crippen LogP contribution >= 0.6 is 0 Å². The zero-order valence-electron chi connectivity index (χ0n) is 17.6. The van der Waals surface area contributed by atoms with Crippen LogP contribution in [0.4, 0.5) is 5.69 Å². The Labute approximate surface area is 185 Å². The predicted octanol–water partition coefficient (Wildman–Crippen LogP) is 2.39. The lowest BCUT2D eigenvalue weighted by atomic mass is 10.0. The lowest BCUT2D eigenvalue weighted by molar-refractivity contribution is -0.137. The van der Waals surface area contributed by atoms with Crippen LogP contribution in [0.5, 0.6) is 17.2 Å². The Morgan fingerprint density at radius 3 is 2.78 bits per heavy atom. The van der Waals surface area contributed by atoms with E-state index in [0.717, 1.165) is 11.3 Å². The van der Waals surface area contributed by atoms with Crippen LogP contribution in [-0.4, -0.2) is 47.7 Å². The first kappa shape index (κ1) is 20.2. The van der Waals surface area contributed by atoms with Gasteiger partial charge < -0.3 is 29.4 Å². The highest BCUT2D eigenvalue weighted by molar-refractivity contribution is 5.96. The van der Waals surface area contributed by atoms with E-state index >= 15 is 0 Å². The molecule has 2 N–H and O–H groups in total. The van der Waals surface area contributed by atoms with Gasteiger partial charge in [-0.05, 0) is 43.2 Å². The third-order valence-corrected chi connectivity index (χ3v) is 5.64. The summed E-state index contributed by atoms with van der Waals surface area (Å²) in [6.45, 7) is 2.67. The molecule has 5 rings (SSSR count). The molecule has 0 spiro atoms. The Bertz CT molecular complexity index is 1050. The summed E-state index contributed by atoms with van der Waals surface area (Å²) < 4.78 is 16.1. The summed E-state index contributed by atoms with van der Waals surface area (Å²) in [6.07, 6.45) is 4.04. The number of ether oxygens (including phenoxy) is 3. The SMILES string of the molecule is CCOc1ccc(C2CC3C(=O)N(CC(=O)Nc4ccc5c(c4)OCO5)C=CN3N2)cc1. The van der Waals surface area contributed by atoms with Crippen molar-refractivity contribution in [3.63, 3.8) is 0 Å². The third-order valence-electron chi connectivity index (χ3n) is 5.64. The summed E-state index contributed by atoms with van der Waals surface area (Å²) in [7, 11) is 0. The van der Waals surface area contributed by atoms with Gasteiger partial charge in [-0.25, -0.2) is 5.43 Å². The molecule has 2 amide bonds. The van der Waals surface area contributed by atoms with E-state index in [4.69, 9.17) is 14.2 Å². The number of amides is 2. The van der Waals surface area contributed by atoms with Crippen molar-refractivity contribution in [3.8, 4) is 17.2 Å². The highest BCUT2D eigenvalue weighted by Crippen LogP contribution is 2.34. The van der Waals surface area contributed by atoms with Gasteiger partial charge in [-0.1, -0.05) is 12.1 Å². The molecule has 0 bridgehead atoms. The highest BCUT2D eigenvalue weighted by Gasteiger charge is 2.40. The summed E-state index contributed by atoms with van der Waals surface area (Å²) in [4.78, 5) is 27.0. The number of hydrogen-bond acceptors (Lipinski definition) is 7. The molecule has 32 heavy (non-hydrogen) atoms. The predicted molar refractivity (Wildman–Crippen MR) is 116 cm³/mol. The van der Waals surface area contributed by atoms with E-state index in [2.05, 4.69) is 10.7 Å². The third kappa shape index (κ3) is 3.94. The maximum Gasteiger partial charge on any atom is 0.251 e. The van der Waals surface area contributed by atoms with Crippen LogP contribution in [0, 0.1) is 0 Å². The Kier molecular flexibility index (Phi) is 5.32. The molecule has 2 aromatic rings. The molecule has 0 radical (unpaired) electrons. The first-order chi connectivity index (χ1) is 15.6. The number of nitrogens with zero attached hydrogens (tertiary/aromatic N) is 2. The monoisotopic (exact) mass is 436 g/mol. The molecule has 0 aliphatic carbocycles. The lowest BCUT2D eigenvalue weighted by Gasteiger charge is -2.31. The van der Waals surface area contributed by atoms with E-state index in [9.17, 15) is 9.59 Å². The maximum atomic E-state index is 13.0. The second kappa shape index (κ2) is 8.43. The molecule has 2 atom stereocenters. The number of nitrogens with one attached hydrogen (secondary N) is 2. The van der Waals surface area contributed by atoms with E-state index in [0.29, 0.717) is 30.2 Å². The van der Waals surface area contributed by atoms with Crippen molar-refractivity contribution >= 4 is 17.5 Å². The largest absolute Gasteiger partial charge is 0.494 e. The van der Waals surface area contributed by atoms with Crippen LogP contribution in [0.3, 0.4) is 0 Å². The molecule has 2 aromatic carbocycles. The van der Waals surface area contributed by atoms with Gasteiger partial charge in [-0.2, -0.15) is 0 Å². The number of fused-ring (bicyclic) bond motifs is 2. The van der Waals surface area contributed by atoms with Gasteiger partial charge in [0.15, 0.2) is 11.5 Å². The summed E-state index contributed by atoms with van der Waals surface area (Å²) in [5.41, 5.74) is 5.03. The fourth-order valence-corrected chi connectivity index (χ4v) is 4.08. The van der Waals surface area contributed by atoms with Crippen LogP contribution < -0.4 is 25.0 Å². The van der Waals surface area contributed by atoms with E-state index < -0.39 is 0 Å². The molecule has 3 aliphatic rings. The molecule has 1 saturated heterocycles. The van der Waals surface area contributed by atoms with Crippen LogP contribution in [0.25, 0.3) is 0 Å². The summed E-state index contributed by atoms with van der Waals surface area (Å²) in [5.74, 6) is 1.65. The Balaban J connectivity index is 1.20. The average molecular weight is 436 g/mol. The van der Waals surface area contributed by atoms with Crippen molar-refractivity contribution < 1.29 is 23.8 Å². The first-order valence-electron chi connectivity index (χ1n) is 10.6. The van der Waals surface area contributed by atoms with E-state index in [1.165, 1.54) is 4.90 Å². The van der Waals surface area contributed by atoms with Gasteiger partial charge in [0.1, 0.15) is 18.3 Å². The number of hydrazine groups is 1. The van der Waals surface area contributed by atoms with E-state index in [-0.39, 0.29) is 37.2 Å². The van der Waals surface area contributed by atoms with Gasteiger partial charge in [0.25, 0.3) is 5.91 Å². The topological polar surface area (TPSA) is 92.4 Å². The van der Waals surface area contributed by atoms with Crippen molar-refractivity contribution in [1.82, 2.24) is 15.3 Å². The quantitative estimate of drug-likeness (QED) is 0.718. The molecule has 9 nitrogen and oxygen atoms in total. The Morgan fingerprint density at radius 1 is 1.16 bits per heavy atom. The molecule has 3 heterocycles. The smallest absolute Gasteiger partial charge is 0.251 e. The normalized spacial score (nSPS) is 21.0. The molecule has 9 heteroatoms. The van der Waals surface area contributed by atoms with Crippen molar-refractivity contribution in [2.45, 2.75) is 25.4 Å². The van der Waals surface area contributed by atoms with Crippen molar-refractivity contribution in [2.24, 2.45) is 0 Å².